The zero-order chi connectivity index (χ0) is 21.2. The third-order valence-electron chi connectivity index (χ3n) is 5.31. The molecule has 2 aromatic carbocycles. The summed E-state index contributed by atoms with van der Waals surface area (Å²) in [5.41, 5.74) is 2.33. The highest BCUT2D eigenvalue weighted by Gasteiger charge is 2.23. The molecule has 0 saturated carbocycles. The molecule has 1 fully saturated rings. The van der Waals surface area contributed by atoms with Gasteiger partial charge in [-0.3, -0.25) is 9.89 Å². The monoisotopic (exact) mass is 540 g/mol. The Morgan fingerprint density at radius 2 is 1.74 bits per heavy atom. The number of nitrogens with zero attached hydrogens (tertiary/aromatic N) is 2. The first-order chi connectivity index (χ1) is 14.7. The van der Waals surface area contributed by atoms with Gasteiger partial charge in [-0.2, -0.15) is 0 Å². The Balaban J connectivity index is 0.00000341. The number of nitrogens with one attached hydrogen (secondary N) is 2. The Morgan fingerprint density at radius 3 is 2.39 bits per heavy atom. The summed E-state index contributed by atoms with van der Waals surface area (Å²) in [4.78, 5) is 6.84. The number of hydrogen-bond acceptors (Lipinski definition) is 5. The summed E-state index contributed by atoms with van der Waals surface area (Å²) >= 11 is 0. The molecule has 1 heterocycles. The standard InChI is InChI=1S/C23H32N4O3.HI/c1-24-23(25-16-19-6-4-5-7-22(19)29-3)26-17-21(27-12-14-30-15-13-27)18-8-10-20(28-2)11-9-18;/h4-11,21H,12-17H2,1-3H3,(H2,24,25,26);1H. The molecule has 1 aliphatic heterocycles. The minimum Gasteiger partial charge on any atom is -0.497 e. The lowest BCUT2D eigenvalue weighted by Crippen LogP contribution is -2.46. The van der Waals surface area contributed by atoms with Crippen molar-refractivity contribution >= 4 is 29.9 Å². The van der Waals surface area contributed by atoms with E-state index in [9.17, 15) is 0 Å². The summed E-state index contributed by atoms with van der Waals surface area (Å²) < 4.78 is 16.3. The van der Waals surface area contributed by atoms with E-state index < -0.39 is 0 Å². The van der Waals surface area contributed by atoms with Gasteiger partial charge in [-0.25, -0.2) is 0 Å². The number of benzene rings is 2. The first kappa shape index (κ1) is 25.2. The smallest absolute Gasteiger partial charge is 0.191 e. The number of rotatable bonds is 8. The van der Waals surface area contributed by atoms with E-state index in [4.69, 9.17) is 14.2 Å². The van der Waals surface area contributed by atoms with Gasteiger partial charge in [0, 0.05) is 38.8 Å². The van der Waals surface area contributed by atoms with Crippen molar-refractivity contribution in [2.45, 2.75) is 12.6 Å². The molecule has 1 atom stereocenters. The number of halogens is 1. The number of morpholine rings is 1. The molecule has 0 radical (unpaired) electrons. The minimum atomic E-state index is 0. The first-order valence-electron chi connectivity index (χ1n) is 10.3. The van der Waals surface area contributed by atoms with Gasteiger partial charge < -0.3 is 24.8 Å². The third kappa shape index (κ3) is 7.26. The van der Waals surface area contributed by atoms with Crippen molar-refractivity contribution in [3.63, 3.8) is 0 Å². The van der Waals surface area contributed by atoms with Gasteiger partial charge in [0.15, 0.2) is 5.96 Å². The van der Waals surface area contributed by atoms with Crippen LogP contribution in [0.2, 0.25) is 0 Å². The lowest BCUT2D eigenvalue weighted by atomic mass is 10.0. The zero-order valence-corrected chi connectivity index (χ0v) is 20.8. The Labute approximate surface area is 202 Å². The Bertz CT molecular complexity index is 811. The maximum Gasteiger partial charge on any atom is 0.191 e. The van der Waals surface area contributed by atoms with Crippen LogP contribution in [-0.4, -0.2) is 65.0 Å². The van der Waals surface area contributed by atoms with Crippen LogP contribution in [-0.2, 0) is 11.3 Å². The molecular weight excluding hydrogens is 507 g/mol. The number of aliphatic imine (C=N–C) groups is 1. The summed E-state index contributed by atoms with van der Waals surface area (Å²) in [5, 5.41) is 6.87. The van der Waals surface area contributed by atoms with Crippen molar-refractivity contribution in [3.05, 3.63) is 59.7 Å². The predicted octanol–water partition coefficient (Wildman–Crippen LogP) is 3.06. The summed E-state index contributed by atoms with van der Waals surface area (Å²) in [5.74, 6) is 2.49. The normalized spacial score (nSPS) is 15.5. The first-order valence-corrected chi connectivity index (χ1v) is 10.3. The van der Waals surface area contributed by atoms with Crippen molar-refractivity contribution < 1.29 is 14.2 Å². The van der Waals surface area contributed by atoms with Gasteiger partial charge in [0.2, 0.25) is 0 Å². The van der Waals surface area contributed by atoms with Gasteiger partial charge in [0.1, 0.15) is 11.5 Å². The van der Waals surface area contributed by atoms with Crippen molar-refractivity contribution in [1.29, 1.82) is 0 Å². The van der Waals surface area contributed by atoms with Gasteiger partial charge in [-0.15, -0.1) is 24.0 Å². The molecule has 1 saturated heterocycles. The van der Waals surface area contributed by atoms with Crippen LogP contribution < -0.4 is 20.1 Å². The fourth-order valence-corrected chi connectivity index (χ4v) is 3.61. The van der Waals surface area contributed by atoms with Crippen molar-refractivity contribution in [2.24, 2.45) is 4.99 Å². The molecule has 0 aromatic heterocycles. The zero-order valence-electron chi connectivity index (χ0n) is 18.5. The second-order valence-electron chi connectivity index (χ2n) is 7.06. The molecule has 3 rings (SSSR count). The topological polar surface area (TPSA) is 67.4 Å². The number of ether oxygens (including phenoxy) is 3. The third-order valence-corrected chi connectivity index (χ3v) is 5.31. The van der Waals surface area contributed by atoms with E-state index in [1.807, 2.05) is 36.4 Å². The van der Waals surface area contributed by atoms with Crippen LogP contribution in [0, 0.1) is 0 Å². The van der Waals surface area contributed by atoms with Crippen molar-refractivity contribution in [2.75, 3.05) is 54.1 Å². The van der Waals surface area contributed by atoms with Crippen LogP contribution in [0.5, 0.6) is 11.5 Å². The largest absolute Gasteiger partial charge is 0.497 e. The van der Waals surface area contributed by atoms with Gasteiger partial charge in [-0.1, -0.05) is 30.3 Å². The van der Waals surface area contributed by atoms with Gasteiger partial charge >= 0.3 is 0 Å². The van der Waals surface area contributed by atoms with E-state index >= 15 is 0 Å². The van der Waals surface area contributed by atoms with Crippen molar-refractivity contribution in [1.82, 2.24) is 15.5 Å². The average Bonchev–Trinajstić information content (AvgIpc) is 2.82. The van der Waals surface area contributed by atoms with Crippen LogP contribution in [0.25, 0.3) is 0 Å². The maximum atomic E-state index is 5.55. The highest BCUT2D eigenvalue weighted by molar-refractivity contribution is 14.0. The van der Waals surface area contributed by atoms with E-state index in [1.165, 1.54) is 5.56 Å². The minimum absolute atomic E-state index is 0. The summed E-state index contributed by atoms with van der Waals surface area (Å²) in [6, 6.07) is 16.5. The molecule has 8 heteroatoms. The second-order valence-corrected chi connectivity index (χ2v) is 7.06. The highest BCUT2D eigenvalue weighted by Crippen LogP contribution is 2.23. The fourth-order valence-electron chi connectivity index (χ4n) is 3.61. The Hall–Kier alpha value is -2.04. The molecule has 0 aliphatic carbocycles. The van der Waals surface area contributed by atoms with Crippen LogP contribution in [0.3, 0.4) is 0 Å². The molecule has 170 valence electrons. The summed E-state index contributed by atoms with van der Waals surface area (Å²) in [6.45, 7) is 4.70. The van der Waals surface area contributed by atoms with E-state index in [2.05, 4.69) is 32.7 Å². The molecule has 0 amide bonds. The highest BCUT2D eigenvalue weighted by atomic mass is 127. The van der Waals surface area contributed by atoms with Crippen molar-refractivity contribution in [3.8, 4) is 11.5 Å². The van der Waals surface area contributed by atoms with Crippen LogP contribution in [0.1, 0.15) is 17.2 Å². The van der Waals surface area contributed by atoms with E-state index in [0.29, 0.717) is 6.54 Å². The molecule has 31 heavy (non-hydrogen) atoms. The molecule has 0 spiro atoms. The second kappa shape index (κ2) is 13.4. The number of guanidine groups is 1. The number of hydrogen-bond donors (Lipinski definition) is 2. The fraction of sp³-hybridized carbons (Fsp3) is 0.435. The molecule has 2 aromatic rings. The predicted molar refractivity (Wildman–Crippen MR) is 135 cm³/mol. The molecule has 1 unspecified atom stereocenters. The van der Waals surface area contributed by atoms with Gasteiger partial charge in [-0.05, 0) is 23.8 Å². The summed E-state index contributed by atoms with van der Waals surface area (Å²) in [7, 11) is 5.16. The number of methoxy groups -OCH3 is 2. The van der Waals surface area contributed by atoms with E-state index in [-0.39, 0.29) is 30.0 Å². The Morgan fingerprint density at radius 1 is 1.03 bits per heavy atom. The van der Waals surface area contributed by atoms with Gasteiger partial charge in [0.05, 0.1) is 33.5 Å². The maximum absolute atomic E-state index is 5.55. The van der Waals surface area contributed by atoms with E-state index in [0.717, 1.165) is 55.9 Å². The van der Waals surface area contributed by atoms with Crippen LogP contribution in [0.4, 0.5) is 0 Å². The van der Waals surface area contributed by atoms with E-state index in [1.54, 1.807) is 21.3 Å². The molecular formula is C23H33IN4O3. The lowest BCUT2D eigenvalue weighted by Gasteiger charge is -2.35. The molecule has 0 bridgehead atoms. The Kier molecular flexibility index (Phi) is 10.9. The SMILES string of the molecule is CN=C(NCc1ccccc1OC)NCC(c1ccc(OC)cc1)N1CCOCC1.I. The number of para-hydroxylation sites is 1. The lowest BCUT2D eigenvalue weighted by molar-refractivity contribution is 0.0170. The van der Waals surface area contributed by atoms with Gasteiger partial charge in [0.25, 0.3) is 0 Å². The average molecular weight is 540 g/mol. The van der Waals surface area contributed by atoms with Crippen LogP contribution >= 0.6 is 24.0 Å². The molecule has 1 aliphatic rings. The summed E-state index contributed by atoms with van der Waals surface area (Å²) in [6.07, 6.45) is 0. The molecule has 2 N–H and O–H groups in total. The van der Waals surface area contributed by atoms with Crippen LogP contribution in [0.15, 0.2) is 53.5 Å². The quantitative estimate of drug-likeness (QED) is 0.305. The molecule has 7 nitrogen and oxygen atoms in total.